The SMILES string of the molecule is CC(C)C(O)c1cnsn1. The predicted octanol–water partition coefficient (Wildman–Crippen LogP) is 1.23. The van der Waals surface area contributed by atoms with Gasteiger partial charge in [0.15, 0.2) is 0 Å². The van der Waals surface area contributed by atoms with Crippen LogP contribution in [0.15, 0.2) is 6.20 Å². The molecule has 1 heterocycles. The van der Waals surface area contributed by atoms with Crippen LogP contribution in [-0.2, 0) is 0 Å². The average Bonchev–Trinajstić information content (AvgIpc) is 2.36. The maximum Gasteiger partial charge on any atom is 0.103 e. The predicted molar refractivity (Wildman–Crippen MR) is 39.7 cm³/mol. The summed E-state index contributed by atoms with van der Waals surface area (Å²) in [6.45, 7) is 3.90. The zero-order valence-corrected chi connectivity index (χ0v) is 6.80. The molecule has 10 heavy (non-hydrogen) atoms. The Morgan fingerprint density at radius 1 is 1.60 bits per heavy atom. The quantitative estimate of drug-likeness (QED) is 0.704. The van der Waals surface area contributed by atoms with Crippen molar-refractivity contribution >= 4 is 11.7 Å². The molecule has 1 atom stereocenters. The van der Waals surface area contributed by atoms with Gasteiger partial charge >= 0.3 is 0 Å². The summed E-state index contributed by atoms with van der Waals surface area (Å²) in [5, 5.41) is 9.39. The molecule has 0 aromatic carbocycles. The van der Waals surface area contributed by atoms with Crippen LogP contribution >= 0.6 is 11.7 Å². The molecule has 0 saturated heterocycles. The van der Waals surface area contributed by atoms with Gasteiger partial charge in [0.1, 0.15) is 11.8 Å². The fraction of sp³-hybridized carbons (Fsp3) is 0.667. The van der Waals surface area contributed by atoms with E-state index in [2.05, 4.69) is 8.75 Å². The van der Waals surface area contributed by atoms with Crippen molar-refractivity contribution in [1.29, 1.82) is 0 Å². The molecular weight excluding hydrogens is 148 g/mol. The Morgan fingerprint density at radius 3 is 2.70 bits per heavy atom. The van der Waals surface area contributed by atoms with E-state index in [0.717, 1.165) is 11.7 Å². The van der Waals surface area contributed by atoms with E-state index in [4.69, 9.17) is 0 Å². The molecule has 1 aromatic rings. The summed E-state index contributed by atoms with van der Waals surface area (Å²) < 4.78 is 7.71. The van der Waals surface area contributed by atoms with Gasteiger partial charge in [-0.1, -0.05) is 13.8 Å². The Hall–Kier alpha value is -0.480. The molecule has 0 radical (unpaired) electrons. The highest BCUT2D eigenvalue weighted by Crippen LogP contribution is 2.18. The molecule has 4 heteroatoms. The van der Waals surface area contributed by atoms with E-state index in [9.17, 15) is 5.11 Å². The van der Waals surface area contributed by atoms with Crippen molar-refractivity contribution in [3.63, 3.8) is 0 Å². The van der Waals surface area contributed by atoms with E-state index in [1.807, 2.05) is 13.8 Å². The second kappa shape index (κ2) is 3.07. The first-order valence-corrected chi connectivity index (χ1v) is 3.90. The first-order chi connectivity index (χ1) is 4.72. The summed E-state index contributed by atoms with van der Waals surface area (Å²) in [4.78, 5) is 0. The number of hydrogen-bond donors (Lipinski definition) is 1. The average molecular weight is 158 g/mol. The number of nitrogens with zero attached hydrogens (tertiary/aromatic N) is 2. The van der Waals surface area contributed by atoms with Crippen LogP contribution in [0.3, 0.4) is 0 Å². The number of rotatable bonds is 2. The van der Waals surface area contributed by atoms with Crippen LogP contribution < -0.4 is 0 Å². The van der Waals surface area contributed by atoms with E-state index in [1.165, 1.54) is 0 Å². The van der Waals surface area contributed by atoms with Crippen molar-refractivity contribution in [2.24, 2.45) is 5.92 Å². The zero-order valence-electron chi connectivity index (χ0n) is 5.98. The first-order valence-electron chi connectivity index (χ1n) is 3.17. The largest absolute Gasteiger partial charge is 0.386 e. The Morgan fingerprint density at radius 2 is 2.30 bits per heavy atom. The molecule has 1 rings (SSSR count). The summed E-state index contributed by atoms with van der Waals surface area (Å²) in [6, 6.07) is 0. The minimum atomic E-state index is -0.459. The van der Waals surface area contributed by atoms with Crippen LogP contribution in [0.5, 0.6) is 0 Å². The van der Waals surface area contributed by atoms with Gasteiger partial charge in [-0.25, -0.2) is 0 Å². The summed E-state index contributed by atoms with van der Waals surface area (Å²) in [7, 11) is 0. The van der Waals surface area contributed by atoms with Crippen molar-refractivity contribution in [2.75, 3.05) is 0 Å². The lowest BCUT2D eigenvalue weighted by molar-refractivity contribution is 0.123. The van der Waals surface area contributed by atoms with E-state index in [1.54, 1.807) is 6.20 Å². The Kier molecular flexibility index (Phi) is 2.34. The van der Waals surface area contributed by atoms with Gasteiger partial charge in [-0.05, 0) is 5.92 Å². The van der Waals surface area contributed by atoms with Crippen molar-refractivity contribution in [1.82, 2.24) is 8.75 Å². The zero-order chi connectivity index (χ0) is 7.56. The van der Waals surface area contributed by atoms with Crippen molar-refractivity contribution < 1.29 is 5.11 Å². The first kappa shape index (κ1) is 7.63. The fourth-order valence-electron chi connectivity index (χ4n) is 0.644. The maximum atomic E-state index is 9.39. The van der Waals surface area contributed by atoms with E-state index in [0.29, 0.717) is 5.69 Å². The Balaban J connectivity index is 2.68. The normalized spacial score (nSPS) is 14.0. The Labute approximate surface area is 64.0 Å². The fourth-order valence-corrected chi connectivity index (χ4v) is 1.10. The lowest BCUT2D eigenvalue weighted by atomic mass is 10.1. The molecule has 0 amide bonds. The Bertz CT molecular complexity index is 186. The third-order valence-corrected chi connectivity index (χ3v) is 1.81. The molecule has 0 spiro atoms. The molecule has 0 bridgehead atoms. The van der Waals surface area contributed by atoms with Crippen LogP contribution in [0.25, 0.3) is 0 Å². The van der Waals surface area contributed by atoms with Gasteiger partial charge in [0.25, 0.3) is 0 Å². The van der Waals surface area contributed by atoms with Gasteiger partial charge in [0.2, 0.25) is 0 Å². The smallest absolute Gasteiger partial charge is 0.103 e. The van der Waals surface area contributed by atoms with Gasteiger partial charge in [-0.3, -0.25) is 0 Å². The highest BCUT2D eigenvalue weighted by molar-refractivity contribution is 6.99. The number of hydrogen-bond acceptors (Lipinski definition) is 4. The molecule has 0 fully saturated rings. The van der Waals surface area contributed by atoms with Gasteiger partial charge in [0.05, 0.1) is 17.9 Å². The molecule has 56 valence electrons. The molecule has 0 aliphatic heterocycles. The third kappa shape index (κ3) is 1.52. The molecule has 0 saturated carbocycles. The lowest BCUT2D eigenvalue weighted by Crippen LogP contribution is -2.04. The van der Waals surface area contributed by atoms with Gasteiger partial charge in [-0.15, -0.1) is 0 Å². The van der Waals surface area contributed by atoms with Gasteiger partial charge in [0, 0.05) is 0 Å². The molecule has 1 N–H and O–H groups in total. The van der Waals surface area contributed by atoms with E-state index in [-0.39, 0.29) is 5.92 Å². The second-order valence-corrected chi connectivity index (χ2v) is 3.08. The lowest BCUT2D eigenvalue weighted by Gasteiger charge is -2.09. The third-order valence-electron chi connectivity index (χ3n) is 1.31. The molecular formula is C6H10N2OS. The van der Waals surface area contributed by atoms with Crippen LogP contribution in [0, 0.1) is 5.92 Å². The summed E-state index contributed by atoms with van der Waals surface area (Å²) in [5.41, 5.74) is 0.681. The van der Waals surface area contributed by atoms with Crippen LogP contribution in [0.4, 0.5) is 0 Å². The van der Waals surface area contributed by atoms with E-state index >= 15 is 0 Å². The summed E-state index contributed by atoms with van der Waals surface area (Å²) in [5.74, 6) is 0.212. The standard InChI is InChI=1S/C6H10N2OS/c1-4(2)6(9)5-3-7-10-8-5/h3-4,6,9H,1-2H3. The van der Waals surface area contributed by atoms with E-state index < -0.39 is 6.10 Å². The van der Waals surface area contributed by atoms with Crippen molar-refractivity contribution in [3.8, 4) is 0 Å². The van der Waals surface area contributed by atoms with Crippen LogP contribution in [0.1, 0.15) is 25.6 Å². The summed E-state index contributed by atoms with van der Waals surface area (Å²) >= 11 is 1.13. The highest BCUT2D eigenvalue weighted by atomic mass is 32.1. The minimum Gasteiger partial charge on any atom is -0.386 e. The van der Waals surface area contributed by atoms with Crippen molar-refractivity contribution in [3.05, 3.63) is 11.9 Å². The number of aliphatic hydroxyl groups is 1. The molecule has 0 aliphatic carbocycles. The maximum absolute atomic E-state index is 9.39. The highest BCUT2D eigenvalue weighted by Gasteiger charge is 2.13. The number of aliphatic hydroxyl groups excluding tert-OH is 1. The molecule has 3 nitrogen and oxygen atoms in total. The molecule has 0 aliphatic rings. The minimum absolute atomic E-state index is 0.212. The van der Waals surface area contributed by atoms with Crippen LogP contribution in [-0.4, -0.2) is 13.9 Å². The number of aromatic nitrogens is 2. The van der Waals surface area contributed by atoms with Crippen LogP contribution in [0.2, 0.25) is 0 Å². The summed E-state index contributed by atoms with van der Waals surface area (Å²) in [6.07, 6.45) is 1.15. The van der Waals surface area contributed by atoms with Gasteiger partial charge in [-0.2, -0.15) is 8.75 Å². The monoisotopic (exact) mass is 158 g/mol. The molecule has 1 unspecified atom stereocenters. The topological polar surface area (TPSA) is 46.0 Å². The van der Waals surface area contributed by atoms with Gasteiger partial charge < -0.3 is 5.11 Å². The second-order valence-electron chi connectivity index (χ2n) is 2.52. The molecule has 1 aromatic heterocycles. The van der Waals surface area contributed by atoms with Crippen molar-refractivity contribution in [2.45, 2.75) is 20.0 Å².